The van der Waals surface area contributed by atoms with Crippen molar-refractivity contribution in [1.82, 2.24) is 20.2 Å². The van der Waals surface area contributed by atoms with Gasteiger partial charge in [-0.3, -0.25) is 5.10 Å². The van der Waals surface area contributed by atoms with E-state index in [2.05, 4.69) is 25.5 Å². The average molecular weight is 319 g/mol. The Bertz CT molecular complexity index is 1020. The van der Waals surface area contributed by atoms with Gasteiger partial charge >= 0.3 is 0 Å². The first-order chi connectivity index (χ1) is 11.7. The molecule has 0 atom stereocenters. The number of halogens is 1. The second-order valence-electron chi connectivity index (χ2n) is 5.52. The summed E-state index contributed by atoms with van der Waals surface area (Å²) in [6.45, 7) is 1.84. The summed E-state index contributed by atoms with van der Waals surface area (Å²) in [6, 6.07) is 12.3. The summed E-state index contributed by atoms with van der Waals surface area (Å²) in [5.41, 5.74) is 3.49. The summed E-state index contributed by atoms with van der Waals surface area (Å²) < 4.78 is 13.3. The van der Waals surface area contributed by atoms with E-state index in [0.717, 1.165) is 27.7 Å². The lowest BCUT2D eigenvalue weighted by Gasteiger charge is -2.09. The highest BCUT2D eigenvalue weighted by Gasteiger charge is 2.07. The van der Waals surface area contributed by atoms with Crippen LogP contribution in [-0.4, -0.2) is 20.2 Å². The van der Waals surface area contributed by atoms with E-state index in [1.165, 1.54) is 12.1 Å². The van der Waals surface area contributed by atoms with E-state index in [1.54, 1.807) is 24.5 Å². The maximum Gasteiger partial charge on any atom is 0.161 e. The normalized spacial score (nSPS) is 10.9. The van der Waals surface area contributed by atoms with Gasteiger partial charge in [0.15, 0.2) is 5.82 Å². The summed E-state index contributed by atoms with van der Waals surface area (Å²) in [6.07, 6.45) is 3.46. The molecule has 0 radical (unpaired) electrons. The lowest BCUT2D eigenvalue weighted by atomic mass is 10.1. The average Bonchev–Trinajstić information content (AvgIpc) is 3.03. The van der Waals surface area contributed by atoms with E-state index in [0.29, 0.717) is 11.6 Å². The first-order valence-corrected chi connectivity index (χ1v) is 7.49. The molecule has 0 unspecified atom stereocenters. The molecular weight excluding hydrogens is 305 g/mol. The molecule has 0 saturated heterocycles. The van der Waals surface area contributed by atoms with Crippen molar-refractivity contribution in [2.75, 3.05) is 5.32 Å². The molecule has 24 heavy (non-hydrogen) atoms. The van der Waals surface area contributed by atoms with Crippen LogP contribution in [-0.2, 0) is 0 Å². The van der Waals surface area contributed by atoms with E-state index in [9.17, 15) is 4.39 Å². The minimum absolute atomic E-state index is 0.265. The van der Waals surface area contributed by atoms with E-state index >= 15 is 0 Å². The maximum absolute atomic E-state index is 13.3. The molecule has 2 aromatic carbocycles. The Morgan fingerprint density at radius 3 is 2.88 bits per heavy atom. The lowest BCUT2D eigenvalue weighted by molar-refractivity contribution is 0.627. The number of nitrogens with zero attached hydrogens (tertiary/aromatic N) is 3. The number of nitrogens with one attached hydrogen (secondary N) is 2. The molecule has 6 heteroatoms. The van der Waals surface area contributed by atoms with Crippen LogP contribution in [0.2, 0.25) is 0 Å². The number of aromatic nitrogens is 4. The van der Waals surface area contributed by atoms with Gasteiger partial charge in [-0.1, -0.05) is 0 Å². The second kappa shape index (κ2) is 5.73. The predicted octanol–water partition coefficient (Wildman–Crippen LogP) is 4.21. The van der Waals surface area contributed by atoms with Crippen molar-refractivity contribution in [1.29, 1.82) is 0 Å². The predicted molar refractivity (Wildman–Crippen MR) is 91.5 cm³/mol. The molecule has 0 saturated carbocycles. The van der Waals surface area contributed by atoms with Gasteiger partial charge in [0.1, 0.15) is 11.6 Å². The fraction of sp³-hybridized carbons (Fsp3) is 0.0556. The highest BCUT2D eigenvalue weighted by atomic mass is 19.1. The van der Waals surface area contributed by atoms with Crippen molar-refractivity contribution in [2.24, 2.45) is 0 Å². The summed E-state index contributed by atoms with van der Waals surface area (Å²) in [7, 11) is 0. The molecule has 2 N–H and O–H groups in total. The first-order valence-electron chi connectivity index (χ1n) is 7.49. The van der Waals surface area contributed by atoms with Crippen LogP contribution in [0.15, 0.2) is 54.9 Å². The number of hydrogen-bond donors (Lipinski definition) is 2. The summed E-state index contributed by atoms with van der Waals surface area (Å²) in [5, 5.41) is 11.2. The minimum Gasteiger partial charge on any atom is -0.340 e. The van der Waals surface area contributed by atoms with Gasteiger partial charge in [-0.15, -0.1) is 0 Å². The highest BCUT2D eigenvalue weighted by molar-refractivity contribution is 5.82. The van der Waals surface area contributed by atoms with Crippen molar-refractivity contribution < 1.29 is 4.39 Å². The minimum atomic E-state index is -0.265. The molecule has 0 amide bonds. The third kappa shape index (κ3) is 2.69. The Morgan fingerprint density at radius 1 is 1.08 bits per heavy atom. The van der Waals surface area contributed by atoms with Crippen LogP contribution in [0.1, 0.15) is 5.56 Å². The van der Waals surface area contributed by atoms with E-state index in [1.807, 2.05) is 25.1 Å². The van der Waals surface area contributed by atoms with Gasteiger partial charge in [0.05, 0.1) is 11.7 Å². The SMILES string of the molecule is Cc1cc(F)ccc1-c1nccc(Nc2ccc3[nH]ncc3c2)n1. The topological polar surface area (TPSA) is 66.5 Å². The highest BCUT2D eigenvalue weighted by Crippen LogP contribution is 2.24. The summed E-state index contributed by atoms with van der Waals surface area (Å²) in [4.78, 5) is 8.82. The molecule has 0 aliphatic carbocycles. The fourth-order valence-electron chi connectivity index (χ4n) is 2.60. The van der Waals surface area contributed by atoms with Crippen LogP contribution in [0.25, 0.3) is 22.3 Å². The number of rotatable bonds is 3. The number of H-pyrrole nitrogens is 1. The standard InChI is InChI=1S/C18H14FN5/c1-11-8-13(19)2-4-15(11)18-20-7-6-17(23-18)22-14-3-5-16-12(9-14)10-21-24-16/h2-10H,1H3,(H,21,24)(H,20,22,23). The molecule has 2 aromatic heterocycles. The van der Waals surface area contributed by atoms with Crippen LogP contribution < -0.4 is 5.32 Å². The maximum atomic E-state index is 13.3. The van der Waals surface area contributed by atoms with Crippen LogP contribution in [0.3, 0.4) is 0 Å². The van der Waals surface area contributed by atoms with Gasteiger partial charge in [-0.05, 0) is 55.0 Å². The van der Waals surface area contributed by atoms with Crippen molar-refractivity contribution >= 4 is 22.4 Å². The largest absolute Gasteiger partial charge is 0.340 e. The second-order valence-corrected chi connectivity index (χ2v) is 5.52. The molecule has 2 heterocycles. The molecule has 118 valence electrons. The first kappa shape index (κ1) is 14.3. The molecule has 4 aromatic rings. The van der Waals surface area contributed by atoms with Gasteiger partial charge in [0.2, 0.25) is 0 Å². The monoisotopic (exact) mass is 319 g/mol. The van der Waals surface area contributed by atoms with Gasteiger partial charge in [0, 0.05) is 22.8 Å². The summed E-state index contributed by atoms with van der Waals surface area (Å²) in [5.74, 6) is 0.965. The van der Waals surface area contributed by atoms with E-state index in [-0.39, 0.29) is 5.82 Å². The molecule has 0 aliphatic heterocycles. The van der Waals surface area contributed by atoms with Gasteiger partial charge in [-0.25, -0.2) is 14.4 Å². The molecular formula is C18H14FN5. The fourth-order valence-corrected chi connectivity index (χ4v) is 2.60. The number of hydrogen-bond acceptors (Lipinski definition) is 4. The Hall–Kier alpha value is -3.28. The Labute approximate surface area is 137 Å². The molecule has 0 bridgehead atoms. The zero-order valence-electron chi connectivity index (χ0n) is 12.9. The van der Waals surface area contributed by atoms with Gasteiger partial charge in [-0.2, -0.15) is 5.10 Å². The van der Waals surface area contributed by atoms with Gasteiger partial charge < -0.3 is 5.32 Å². The van der Waals surface area contributed by atoms with Crippen LogP contribution in [0.5, 0.6) is 0 Å². The Morgan fingerprint density at radius 2 is 2.00 bits per heavy atom. The molecule has 0 fully saturated rings. The zero-order valence-corrected chi connectivity index (χ0v) is 12.9. The van der Waals surface area contributed by atoms with E-state index in [4.69, 9.17) is 0 Å². The van der Waals surface area contributed by atoms with Crippen LogP contribution >= 0.6 is 0 Å². The molecule has 0 spiro atoms. The van der Waals surface area contributed by atoms with Crippen molar-refractivity contribution in [2.45, 2.75) is 6.92 Å². The van der Waals surface area contributed by atoms with Crippen molar-refractivity contribution in [3.63, 3.8) is 0 Å². The number of benzene rings is 2. The van der Waals surface area contributed by atoms with Crippen molar-refractivity contribution in [3.8, 4) is 11.4 Å². The van der Waals surface area contributed by atoms with Gasteiger partial charge in [0.25, 0.3) is 0 Å². The Balaban J connectivity index is 1.66. The third-order valence-electron chi connectivity index (χ3n) is 3.80. The number of anilines is 2. The molecule has 4 rings (SSSR count). The summed E-state index contributed by atoms with van der Waals surface area (Å²) >= 11 is 0. The zero-order chi connectivity index (χ0) is 16.5. The Kier molecular flexibility index (Phi) is 3.42. The lowest BCUT2D eigenvalue weighted by Crippen LogP contribution is -1.98. The molecule has 0 aliphatic rings. The van der Waals surface area contributed by atoms with Crippen LogP contribution in [0.4, 0.5) is 15.9 Å². The number of aryl methyl sites for hydroxylation is 1. The van der Waals surface area contributed by atoms with Crippen molar-refractivity contribution in [3.05, 3.63) is 66.2 Å². The number of aromatic amines is 1. The van der Waals surface area contributed by atoms with E-state index < -0.39 is 0 Å². The van der Waals surface area contributed by atoms with Crippen LogP contribution in [0, 0.1) is 12.7 Å². The third-order valence-corrected chi connectivity index (χ3v) is 3.80. The quantitative estimate of drug-likeness (QED) is 0.593. The molecule has 5 nitrogen and oxygen atoms in total. The smallest absolute Gasteiger partial charge is 0.161 e. The number of fused-ring (bicyclic) bond motifs is 1.